The molecule has 2 rings (SSSR count). The number of hydrogen-bond donors (Lipinski definition) is 1. The fourth-order valence-electron chi connectivity index (χ4n) is 1.68. The van der Waals surface area contributed by atoms with Gasteiger partial charge in [0.2, 0.25) is 5.91 Å². The largest absolute Gasteiger partial charge is 0.325 e. The van der Waals surface area contributed by atoms with Crippen LogP contribution in [0.15, 0.2) is 47.2 Å². The van der Waals surface area contributed by atoms with Crippen molar-refractivity contribution >= 4 is 44.9 Å². The van der Waals surface area contributed by atoms with E-state index in [2.05, 4.69) is 26.2 Å². The number of rotatable bonds is 5. The molecule has 0 spiro atoms. The van der Waals surface area contributed by atoms with Gasteiger partial charge in [0.25, 0.3) is 0 Å². The molecule has 6 heteroatoms. The van der Waals surface area contributed by atoms with Gasteiger partial charge >= 0.3 is 0 Å². The Hall–Kier alpha value is -1.72. The van der Waals surface area contributed by atoms with Crippen molar-refractivity contribution in [3.05, 3.63) is 57.8 Å². The zero-order chi connectivity index (χ0) is 15.2. The molecule has 0 bridgehead atoms. The molecule has 1 aromatic carbocycles. The molecule has 0 fully saturated rings. The average Bonchev–Trinajstić information content (AvgIpc) is 2.48. The Morgan fingerprint density at radius 1 is 1.10 bits per heavy atom. The van der Waals surface area contributed by atoms with E-state index in [0.717, 1.165) is 0 Å². The van der Waals surface area contributed by atoms with E-state index in [1.807, 2.05) is 0 Å². The predicted octanol–water partition coefficient (Wildman–Crippen LogP) is 4.10. The van der Waals surface area contributed by atoms with Crippen LogP contribution in [0.2, 0.25) is 5.02 Å². The summed E-state index contributed by atoms with van der Waals surface area (Å²) in [6, 6.07) is 10.1. The van der Waals surface area contributed by atoms with Gasteiger partial charge in [0, 0.05) is 23.4 Å². The number of anilines is 1. The van der Waals surface area contributed by atoms with Gasteiger partial charge in [-0.3, -0.25) is 9.59 Å². The zero-order valence-corrected chi connectivity index (χ0v) is 13.3. The smallest absolute Gasteiger partial charge is 0.224 e. The van der Waals surface area contributed by atoms with Crippen LogP contribution in [0.25, 0.3) is 0 Å². The second-order valence-electron chi connectivity index (χ2n) is 4.35. The van der Waals surface area contributed by atoms with Gasteiger partial charge in [-0.2, -0.15) is 0 Å². The van der Waals surface area contributed by atoms with Crippen molar-refractivity contribution in [2.75, 3.05) is 5.32 Å². The minimum absolute atomic E-state index is 0.0873. The molecule has 4 nitrogen and oxygen atoms in total. The molecule has 0 radical (unpaired) electrons. The molecule has 0 aliphatic heterocycles. The summed E-state index contributed by atoms with van der Waals surface area (Å²) in [5.41, 5.74) is 1.15. The summed E-state index contributed by atoms with van der Waals surface area (Å²) >= 11 is 8.98. The minimum Gasteiger partial charge on any atom is -0.325 e. The molecule has 1 heterocycles. The summed E-state index contributed by atoms with van der Waals surface area (Å²) in [5, 5.41) is 3.27. The molecule has 0 unspecified atom stereocenters. The number of pyridine rings is 1. The first-order valence-electron chi connectivity index (χ1n) is 6.25. The average molecular weight is 368 g/mol. The van der Waals surface area contributed by atoms with Crippen LogP contribution in [0.1, 0.15) is 23.2 Å². The SMILES string of the molecule is O=C(CCC(=O)c1ccc(Cl)cc1)Nc1ccc(Br)nc1. The molecular weight excluding hydrogens is 356 g/mol. The highest BCUT2D eigenvalue weighted by molar-refractivity contribution is 9.10. The molecule has 21 heavy (non-hydrogen) atoms. The lowest BCUT2D eigenvalue weighted by molar-refractivity contribution is -0.116. The van der Waals surface area contributed by atoms with Crippen molar-refractivity contribution in [3.63, 3.8) is 0 Å². The molecule has 2 aromatic rings. The number of halogens is 2. The van der Waals surface area contributed by atoms with Crippen molar-refractivity contribution in [1.82, 2.24) is 4.98 Å². The highest BCUT2D eigenvalue weighted by Gasteiger charge is 2.09. The molecule has 0 atom stereocenters. The van der Waals surface area contributed by atoms with Crippen molar-refractivity contribution in [1.29, 1.82) is 0 Å². The quantitative estimate of drug-likeness (QED) is 0.639. The summed E-state index contributed by atoms with van der Waals surface area (Å²) in [6.07, 6.45) is 1.82. The van der Waals surface area contributed by atoms with Crippen LogP contribution in [0.4, 0.5) is 5.69 Å². The number of benzene rings is 1. The van der Waals surface area contributed by atoms with E-state index in [9.17, 15) is 9.59 Å². The Bertz CT molecular complexity index is 642. The molecular formula is C15H12BrClN2O2. The van der Waals surface area contributed by atoms with Crippen LogP contribution in [-0.2, 0) is 4.79 Å². The van der Waals surface area contributed by atoms with Crippen molar-refractivity contribution in [2.45, 2.75) is 12.8 Å². The van der Waals surface area contributed by atoms with Crippen molar-refractivity contribution < 1.29 is 9.59 Å². The van der Waals surface area contributed by atoms with Gasteiger partial charge in [-0.25, -0.2) is 4.98 Å². The summed E-state index contributed by atoms with van der Waals surface area (Å²) in [5.74, 6) is -0.308. The standard InChI is InChI=1S/C15H12BrClN2O2/c16-14-7-5-12(9-18-14)19-15(21)8-6-13(20)10-1-3-11(17)4-2-10/h1-5,7,9H,6,8H2,(H,19,21). The van der Waals surface area contributed by atoms with Crippen molar-refractivity contribution in [2.24, 2.45) is 0 Å². The van der Waals surface area contributed by atoms with Gasteiger partial charge < -0.3 is 5.32 Å². The van der Waals surface area contributed by atoms with Gasteiger partial charge in [0.15, 0.2) is 5.78 Å². The lowest BCUT2D eigenvalue weighted by Gasteiger charge is -2.05. The second kappa shape index (κ2) is 7.33. The zero-order valence-electron chi connectivity index (χ0n) is 11.0. The van der Waals surface area contributed by atoms with E-state index < -0.39 is 0 Å². The molecule has 0 saturated carbocycles. The fraction of sp³-hybridized carbons (Fsp3) is 0.133. The van der Waals surface area contributed by atoms with E-state index in [1.165, 1.54) is 0 Å². The second-order valence-corrected chi connectivity index (χ2v) is 5.60. The highest BCUT2D eigenvalue weighted by atomic mass is 79.9. The number of nitrogens with one attached hydrogen (secondary N) is 1. The van der Waals surface area contributed by atoms with E-state index >= 15 is 0 Å². The molecule has 1 aromatic heterocycles. The molecule has 0 saturated heterocycles. The molecule has 108 valence electrons. The maximum atomic E-state index is 11.9. The van der Waals surface area contributed by atoms with Crippen LogP contribution in [0.5, 0.6) is 0 Å². The third-order valence-corrected chi connectivity index (χ3v) is 3.48. The number of aromatic nitrogens is 1. The summed E-state index contributed by atoms with van der Waals surface area (Å²) in [6.45, 7) is 0. The number of nitrogens with zero attached hydrogens (tertiary/aromatic N) is 1. The fourth-order valence-corrected chi connectivity index (χ4v) is 2.04. The van der Waals surface area contributed by atoms with Crippen LogP contribution < -0.4 is 5.32 Å². The molecule has 0 aliphatic rings. The maximum Gasteiger partial charge on any atom is 0.224 e. The van der Waals surface area contributed by atoms with Gasteiger partial charge in [0.1, 0.15) is 4.60 Å². The Kier molecular flexibility index (Phi) is 5.47. The normalized spacial score (nSPS) is 10.2. The van der Waals surface area contributed by atoms with Crippen LogP contribution in [-0.4, -0.2) is 16.7 Å². The van der Waals surface area contributed by atoms with E-state index in [0.29, 0.717) is 20.9 Å². The number of ketones is 1. The monoisotopic (exact) mass is 366 g/mol. The third-order valence-electron chi connectivity index (χ3n) is 2.76. The first-order chi connectivity index (χ1) is 10.0. The van der Waals surface area contributed by atoms with Gasteiger partial charge in [-0.05, 0) is 52.3 Å². The molecule has 1 amide bonds. The maximum absolute atomic E-state index is 11.9. The predicted molar refractivity (Wildman–Crippen MR) is 85.6 cm³/mol. The third kappa shape index (κ3) is 4.95. The van der Waals surface area contributed by atoms with Crippen LogP contribution in [0, 0.1) is 0 Å². The summed E-state index contributed by atoms with van der Waals surface area (Å²) in [7, 11) is 0. The number of amides is 1. The lowest BCUT2D eigenvalue weighted by Crippen LogP contribution is -2.13. The van der Waals surface area contributed by atoms with Crippen LogP contribution >= 0.6 is 27.5 Å². The van der Waals surface area contributed by atoms with Gasteiger partial charge in [-0.15, -0.1) is 0 Å². The lowest BCUT2D eigenvalue weighted by atomic mass is 10.1. The Morgan fingerprint density at radius 3 is 2.43 bits per heavy atom. The number of carbonyl (C=O) groups is 2. The first-order valence-corrected chi connectivity index (χ1v) is 7.42. The number of hydrogen-bond acceptors (Lipinski definition) is 3. The number of Topliss-reactive ketones (excluding diaryl/α,β-unsaturated/α-hetero) is 1. The van der Waals surface area contributed by atoms with E-state index in [-0.39, 0.29) is 24.5 Å². The molecule has 1 N–H and O–H groups in total. The molecule has 0 aliphatic carbocycles. The van der Waals surface area contributed by atoms with E-state index in [4.69, 9.17) is 11.6 Å². The summed E-state index contributed by atoms with van der Waals surface area (Å²) in [4.78, 5) is 27.7. The van der Waals surface area contributed by atoms with Gasteiger partial charge in [0.05, 0.1) is 11.9 Å². The first kappa shape index (κ1) is 15.7. The highest BCUT2D eigenvalue weighted by Crippen LogP contribution is 2.13. The van der Waals surface area contributed by atoms with Crippen molar-refractivity contribution in [3.8, 4) is 0 Å². The van der Waals surface area contributed by atoms with Gasteiger partial charge in [-0.1, -0.05) is 11.6 Å². The Morgan fingerprint density at radius 2 is 1.81 bits per heavy atom. The Labute approximate surface area is 135 Å². The topological polar surface area (TPSA) is 59.1 Å². The van der Waals surface area contributed by atoms with Crippen LogP contribution in [0.3, 0.4) is 0 Å². The Balaban J connectivity index is 1.84. The minimum atomic E-state index is -0.221. The number of carbonyl (C=O) groups excluding carboxylic acids is 2. The summed E-state index contributed by atoms with van der Waals surface area (Å²) < 4.78 is 0.693. The van der Waals surface area contributed by atoms with E-state index in [1.54, 1.807) is 42.6 Å².